The molecule has 0 saturated carbocycles. The Balaban J connectivity index is 3.30. The Morgan fingerprint density at radius 1 is 1.38 bits per heavy atom. The molecule has 0 aliphatic rings. The van der Waals surface area contributed by atoms with Crippen LogP contribution in [-0.4, -0.2) is 23.1 Å². The first-order valence-corrected chi connectivity index (χ1v) is 3.67. The molecule has 4 nitrogen and oxygen atoms in total. The van der Waals surface area contributed by atoms with Crippen LogP contribution < -0.4 is 4.74 Å². The monoisotopic (exact) mass is 182 g/mol. The highest BCUT2D eigenvalue weighted by Gasteiger charge is 2.11. The van der Waals surface area contributed by atoms with Gasteiger partial charge in [0.05, 0.1) is 7.11 Å². The highest BCUT2D eigenvalue weighted by Crippen LogP contribution is 2.36. The summed E-state index contributed by atoms with van der Waals surface area (Å²) in [5.74, 6) is -0.823. The summed E-state index contributed by atoms with van der Waals surface area (Å²) < 4.78 is 4.75. The van der Waals surface area contributed by atoms with Gasteiger partial charge in [0.2, 0.25) is 5.75 Å². The van der Waals surface area contributed by atoms with Crippen LogP contribution in [0.2, 0.25) is 0 Å². The summed E-state index contributed by atoms with van der Waals surface area (Å²) in [5, 5.41) is 18.4. The smallest absolute Gasteiger partial charge is 0.200 e. The van der Waals surface area contributed by atoms with Gasteiger partial charge in [-0.25, -0.2) is 0 Å². The van der Waals surface area contributed by atoms with Crippen LogP contribution in [-0.2, 0) is 0 Å². The van der Waals surface area contributed by atoms with Gasteiger partial charge in [-0.2, -0.15) is 0 Å². The number of phenolic OH excluding ortho intramolecular Hbond substituents is 2. The average Bonchev–Trinajstić information content (AvgIpc) is 2.09. The fourth-order valence-electron chi connectivity index (χ4n) is 0.952. The number of aromatic hydroxyl groups is 2. The Kier molecular flexibility index (Phi) is 2.41. The molecule has 0 spiro atoms. The van der Waals surface area contributed by atoms with E-state index in [0.717, 1.165) is 0 Å². The van der Waals surface area contributed by atoms with Crippen LogP contribution in [0.25, 0.3) is 0 Å². The van der Waals surface area contributed by atoms with Crippen molar-refractivity contribution in [1.82, 2.24) is 0 Å². The molecule has 2 N–H and O–H groups in total. The summed E-state index contributed by atoms with van der Waals surface area (Å²) in [6, 6.07) is 2.57. The molecule has 0 bridgehead atoms. The maximum atomic E-state index is 10.9. The predicted molar refractivity (Wildman–Crippen MR) is 46.3 cm³/mol. The summed E-state index contributed by atoms with van der Waals surface area (Å²) in [5.41, 5.74) is 0.298. The number of benzene rings is 1. The van der Waals surface area contributed by atoms with Gasteiger partial charge in [0.1, 0.15) is 0 Å². The van der Waals surface area contributed by atoms with E-state index in [2.05, 4.69) is 0 Å². The molecule has 4 heteroatoms. The Labute approximate surface area is 75.4 Å². The van der Waals surface area contributed by atoms with Crippen LogP contribution in [0.3, 0.4) is 0 Å². The van der Waals surface area contributed by atoms with Crippen molar-refractivity contribution in [3.8, 4) is 17.2 Å². The van der Waals surface area contributed by atoms with Gasteiger partial charge < -0.3 is 14.9 Å². The van der Waals surface area contributed by atoms with Crippen molar-refractivity contribution >= 4 is 5.78 Å². The van der Waals surface area contributed by atoms with Gasteiger partial charge in [0.25, 0.3) is 0 Å². The highest BCUT2D eigenvalue weighted by atomic mass is 16.5. The lowest BCUT2D eigenvalue weighted by molar-refractivity contribution is 0.101. The van der Waals surface area contributed by atoms with Crippen LogP contribution in [0.1, 0.15) is 17.3 Å². The summed E-state index contributed by atoms with van der Waals surface area (Å²) in [6.07, 6.45) is 0. The molecular weight excluding hydrogens is 172 g/mol. The maximum Gasteiger partial charge on any atom is 0.200 e. The van der Waals surface area contributed by atoms with E-state index in [4.69, 9.17) is 4.74 Å². The number of carbonyl (C=O) groups excluding carboxylic acids is 1. The van der Waals surface area contributed by atoms with Crippen molar-refractivity contribution in [3.05, 3.63) is 17.7 Å². The molecular formula is C9H10O4. The summed E-state index contributed by atoms with van der Waals surface area (Å²) in [6.45, 7) is 1.37. The molecule has 1 rings (SSSR count). The van der Waals surface area contributed by atoms with Gasteiger partial charge >= 0.3 is 0 Å². The molecule has 0 heterocycles. The zero-order valence-corrected chi connectivity index (χ0v) is 7.37. The fraction of sp³-hybridized carbons (Fsp3) is 0.222. The van der Waals surface area contributed by atoms with Crippen LogP contribution in [0.4, 0.5) is 0 Å². The number of rotatable bonds is 2. The van der Waals surface area contributed by atoms with E-state index in [1.54, 1.807) is 0 Å². The van der Waals surface area contributed by atoms with Crippen LogP contribution in [0.15, 0.2) is 12.1 Å². The molecule has 70 valence electrons. The van der Waals surface area contributed by atoms with Gasteiger partial charge in [0, 0.05) is 5.56 Å². The summed E-state index contributed by atoms with van der Waals surface area (Å²) >= 11 is 0. The van der Waals surface area contributed by atoms with Crippen molar-refractivity contribution in [2.24, 2.45) is 0 Å². The SMILES string of the molecule is COc1cc(C(C)=O)cc(O)c1O. The van der Waals surface area contributed by atoms with E-state index < -0.39 is 0 Å². The topological polar surface area (TPSA) is 66.8 Å². The van der Waals surface area contributed by atoms with E-state index in [-0.39, 0.29) is 23.0 Å². The molecule has 0 aromatic heterocycles. The normalized spacial score (nSPS) is 9.69. The van der Waals surface area contributed by atoms with E-state index in [1.165, 1.54) is 26.2 Å². The number of carbonyl (C=O) groups is 1. The molecule has 1 aromatic rings. The summed E-state index contributed by atoms with van der Waals surface area (Å²) in [7, 11) is 1.35. The van der Waals surface area contributed by atoms with Gasteiger partial charge in [-0.05, 0) is 19.1 Å². The molecule has 0 aliphatic carbocycles. The lowest BCUT2D eigenvalue weighted by atomic mass is 10.1. The second-order valence-corrected chi connectivity index (χ2v) is 2.60. The molecule has 1 aromatic carbocycles. The average molecular weight is 182 g/mol. The van der Waals surface area contributed by atoms with Crippen LogP contribution in [0, 0.1) is 0 Å². The van der Waals surface area contributed by atoms with Crippen molar-refractivity contribution in [3.63, 3.8) is 0 Å². The minimum atomic E-state index is -0.357. The number of methoxy groups -OCH3 is 1. The third-order valence-corrected chi connectivity index (χ3v) is 1.68. The zero-order chi connectivity index (χ0) is 10.0. The number of ketones is 1. The number of Topliss-reactive ketones (excluding diaryl/α,β-unsaturated/α-hetero) is 1. The minimum absolute atomic E-state index is 0.0881. The second kappa shape index (κ2) is 3.35. The Hall–Kier alpha value is -1.71. The molecule has 0 atom stereocenters. The first-order chi connectivity index (χ1) is 6.06. The third kappa shape index (κ3) is 1.72. The van der Waals surface area contributed by atoms with E-state index in [9.17, 15) is 15.0 Å². The lowest BCUT2D eigenvalue weighted by Crippen LogP contribution is -1.93. The standard InChI is InChI=1S/C9H10O4/c1-5(10)6-3-7(11)9(12)8(4-6)13-2/h3-4,11-12H,1-2H3. The Morgan fingerprint density at radius 3 is 2.46 bits per heavy atom. The lowest BCUT2D eigenvalue weighted by Gasteiger charge is -2.06. The quantitative estimate of drug-likeness (QED) is 0.534. The predicted octanol–water partition coefficient (Wildman–Crippen LogP) is 1.31. The molecule has 0 fully saturated rings. The molecule has 13 heavy (non-hydrogen) atoms. The maximum absolute atomic E-state index is 10.9. The van der Waals surface area contributed by atoms with Crippen molar-refractivity contribution in [2.45, 2.75) is 6.92 Å². The number of ether oxygens (including phenoxy) is 1. The third-order valence-electron chi connectivity index (χ3n) is 1.68. The highest BCUT2D eigenvalue weighted by molar-refractivity contribution is 5.95. The van der Waals surface area contributed by atoms with Crippen LogP contribution >= 0.6 is 0 Å². The summed E-state index contributed by atoms with van der Waals surface area (Å²) in [4.78, 5) is 10.9. The number of hydrogen-bond acceptors (Lipinski definition) is 4. The van der Waals surface area contributed by atoms with E-state index in [0.29, 0.717) is 5.56 Å². The van der Waals surface area contributed by atoms with Gasteiger partial charge in [0.15, 0.2) is 17.3 Å². The molecule has 0 unspecified atom stereocenters. The van der Waals surface area contributed by atoms with Gasteiger partial charge in [-0.3, -0.25) is 4.79 Å². The molecule has 0 amide bonds. The fourth-order valence-corrected chi connectivity index (χ4v) is 0.952. The van der Waals surface area contributed by atoms with Gasteiger partial charge in [-0.1, -0.05) is 0 Å². The molecule has 0 saturated heterocycles. The van der Waals surface area contributed by atoms with Crippen molar-refractivity contribution in [1.29, 1.82) is 0 Å². The van der Waals surface area contributed by atoms with E-state index in [1.807, 2.05) is 0 Å². The number of phenols is 2. The molecule has 0 aliphatic heterocycles. The first-order valence-electron chi connectivity index (χ1n) is 3.67. The molecule has 0 radical (unpaired) electrons. The van der Waals surface area contributed by atoms with Crippen molar-refractivity contribution < 1.29 is 19.7 Å². The minimum Gasteiger partial charge on any atom is -0.504 e. The van der Waals surface area contributed by atoms with E-state index >= 15 is 0 Å². The van der Waals surface area contributed by atoms with Crippen molar-refractivity contribution in [2.75, 3.05) is 7.11 Å². The largest absolute Gasteiger partial charge is 0.504 e. The second-order valence-electron chi connectivity index (χ2n) is 2.60. The Morgan fingerprint density at radius 2 is 2.00 bits per heavy atom. The zero-order valence-electron chi connectivity index (χ0n) is 7.37. The Bertz CT molecular complexity index is 344. The number of hydrogen-bond donors (Lipinski definition) is 2. The van der Waals surface area contributed by atoms with Gasteiger partial charge in [-0.15, -0.1) is 0 Å². The van der Waals surface area contributed by atoms with Crippen LogP contribution in [0.5, 0.6) is 17.2 Å². The first kappa shape index (κ1) is 9.38.